The van der Waals surface area contributed by atoms with Crippen LogP contribution in [0.2, 0.25) is 5.02 Å². The number of halogens is 1. The van der Waals surface area contributed by atoms with Crippen LogP contribution < -0.4 is 10.1 Å². The van der Waals surface area contributed by atoms with Crippen molar-refractivity contribution in [2.24, 2.45) is 0 Å². The summed E-state index contributed by atoms with van der Waals surface area (Å²) in [6.45, 7) is 0.446. The molecule has 6 nitrogen and oxygen atoms in total. The maximum absolute atomic E-state index is 12.2. The molecule has 0 aliphatic rings. The Labute approximate surface area is 150 Å². The van der Waals surface area contributed by atoms with Gasteiger partial charge in [-0.1, -0.05) is 29.8 Å². The van der Waals surface area contributed by atoms with Gasteiger partial charge >= 0.3 is 0 Å². The first-order valence-corrected chi connectivity index (χ1v) is 8.13. The van der Waals surface area contributed by atoms with Crippen LogP contribution in [0.3, 0.4) is 0 Å². The molecule has 1 heterocycles. The van der Waals surface area contributed by atoms with Crippen LogP contribution in [0.1, 0.15) is 16.1 Å². The van der Waals surface area contributed by atoms with Crippen LogP contribution in [0.15, 0.2) is 54.7 Å². The molecule has 128 valence electrons. The minimum Gasteiger partial charge on any atom is -0.497 e. The highest BCUT2D eigenvalue weighted by Crippen LogP contribution is 2.20. The standard InChI is InChI=1S/C18H17ClN4O2/c1-25-17-10-13(9-14(19)11-17)18(24)20-8-7-15-12-21-23(22-15)16-5-3-2-4-6-16/h2-6,9-12H,7-8H2,1H3,(H,20,24). The number of nitrogens with one attached hydrogen (secondary N) is 1. The van der Waals surface area contributed by atoms with Gasteiger partial charge in [-0.25, -0.2) is 0 Å². The molecule has 0 aliphatic heterocycles. The summed E-state index contributed by atoms with van der Waals surface area (Å²) in [5.74, 6) is 0.333. The van der Waals surface area contributed by atoms with Crippen LogP contribution in [0.5, 0.6) is 5.75 Å². The number of aromatic nitrogens is 3. The highest BCUT2D eigenvalue weighted by molar-refractivity contribution is 6.31. The van der Waals surface area contributed by atoms with Crippen molar-refractivity contribution >= 4 is 17.5 Å². The number of rotatable bonds is 6. The lowest BCUT2D eigenvalue weighted by Crippen LogP contribution is -2.25. The van der Waals surface area contributed by atoms with E-state index in [-0.39, 0.29) is 5.91 Å². The monoisotopic (exact) mass is 356 g/mol. The number of carbonyl (C=O) groups excluding carboxylic acids is 1. The Bertz CT molecular complexity index is 865. The van der Waals surface area contributed by atoms with Crippen LogP contribution in [0.25, 0.3) is 5.69 Å². The summed E-state index contributed by atoms with van der Waals surface area (Å²) < 4.78 is 5.12. The minimum absolute atomic E-state index is 0.212. The Balaban J connectivity index is 1.57. The van der Waals surface area contributed by atoms with Gasteiger partial charge in [-0.3, -0.25) is 4.79 Å². The van der Waals surface area contributed by atoms with Gasteiger partial charge in [0, 0.05) is 23.6 Å². The molecule has 1 aromatic heterocycles. The van der Waals surface area contributed by atoms with E-state index in [2.05, 4.69) is 15.5 Å². The Morgan fingerprint density at radius 2 is 2.04 bits per heavy atom. The van der Waals surface area contributed by atoms with Crippen molar-refractivity contribution in [1.29, 1.82) is 0 Å². The van der Waals surface area contributed by atoms with E-state index < -0.39 is 0 Å². The molecule has 0 atom stereocenters. The average molecular weight is 357 g/mol. The number of carbonyl (C=O) groups is 1. The topological polar surface area (TPSA) is 69.0 Å². The van der Waals surface area contributed by atoms with Gasteiger partial charge in [0.1, 0.15) is 5.75 Å². The highest BCUT2D eigenvalue weighted by Gasteiger charge is 2.09. The lowest BCUT2D eigenvalue weighted by Gasteiger charge is -2.07. The number of methoxy groups -OCH3 is 1. The van der Waals surface area contributed by atoms with Gasteiger partial charge in [0.05, 0.1) is 24.7 Å². The average Bonchev–Trinajstić information content (AvgIpc) is 3.10. The molecule has 0 fully saturated rings. The van der Waals surface area contributed by atoms with Crippen LogP contribution in [0, 0.1) is 0 Å². The maximum atomic E-state index is 12.2. The number of hydrogen-bond donors (Lipinski definition) is 1. The summed E-state index contributed by atoms with van der Waals surface area (Å²) in [5.41, 5.74) is 2.15. The summed E-state index contributed by atoms with van der Waals surface area (Å²) in [7, 11) is 1.53. The largest absolute Gasteiger partial charge is 0.497 e. The molecule has 25 heavy (non-hydrogen) atoms. The maximum Gasteiger partial charge on any atom is 0.251 e. The fourth-order valence-corrected chi connectivity index (χ4v) is 2.54. The number of hydrogen-bond acceptors (Lipinski definition) is 4. The zero-order valence-corrected chi connectivity index (χ0v) is 14.4. The van der Waals surface area contributed by atoms with Crippen molar-refractivity contribution in [1.82, 2.24) is 20.3 Å². The van der Waals surface area contributed by atoms with Crippen molar-refractivity contribution < 1.29 is 9.53 Å². The molecule has 3 aromatic rings. The van der Waals surface area contributed by atoms with Crippen LogP contribution in [-0.4, -0.2) is 34.6 Å². The molecule has 1 amide bonds. The summed E-state index contributed by atoms with van der Waals surface area (Å²) in [6.07, 6.45) is 2.28. The minimum atomic E-state index is -0.212. The summed E-state index contributed by atoms with van der Waals surface area (Å²) in [4.78, 5) is 13.8. The van der Waals surface area contributed by atoms with Crippen LogP contribution >= 0.6 is 11.6 Å². The number of benzene rings is 2. The molecule has 7 heteroatoms. The molecule has 0 saturated heterocycles. The number of para-hydroxylation sites is 1. The molecule has 0 radical (unpaired) electrons. The van der Waals surface area contributed by atoms with Gasteiger partial charge in [-0.2, -0.15) is 15.0 Å². The second-order valence-electron chi connectivity index (χ2n) is 5.35. The second kappa shape index (κ2) is 7.81. The highest BCUT2D eigenvalue weighted by atomic mass is 35.5. The first kappa shape index (κ1) is 17.0. The molecule has 1 N–H and O–H groups in total. The lowest BCUT2D eigenvalue weighted by molar-refractivity contribution is 0.0953. The molecule has 0 aliphatic carbocycles. The Morgan fingerprint density at radius 3 is 2.80 bits per heavy atom. The van der Waals surface area contributed by atoms with E-state index in [0.29, 0.717) is 29.3 Å². The van der Waals surface area contributed by atoms with Crippen molar-refractivity contribution in [3.63, 3.8) is 0 Å². The molecule has 0 spiro atoms. The third-order valence-corrected chi connectivity index (χ3v) is 3.78. The van der Waals surface area contributed by atoms with Crippen molar-refractivity contribution in [3.8, 4) is 11.4 Å². The molecule has 2 aromatic carbocycles. The predicted molar refractivity (Wildman–Crippen MR) is 95.4 cm³/mol. The van der Waals surface area contributed by atoms with Gasteiger partial charge in [-0.05, 0) is 30.3 Å². The smallest absolute Gasteiger partial charge is 0.251 e. The second-order valence-corrected chi connectivity index (χ2v) is 5.78. The fraction of sp³-hybridized carbons (Fsp3) is 0.167. The van der Waals surface area contributed by atoms with Crippen LogP contribution in [-0.2, 0) is 6.42 Å². The van der Waals surface area contributed by atoms with E-state index in [0.717, 1.165) is 11.4 Å². The normalized spacial score (nSPS) is 10.5. The summed E-state index contributed by atoms with van der Waals surface area (Å²) in [5, 5.41) is 11.9. The number of ether oxygens (including phenoxy) is 1. The Hall–Kier alpha value is -2.86. The zero-order chi connectivity index (χ0) is 17.6. The van der Waals surface area contributed by atoms with Gasteiger partial charge in [0.15, 0.2) is 0 Å². The molecule has 0 saturated carbocycles. The molecule has 0 bridgehead atoms. The Kier molecular flexibility index (Phi) is 5.30. The lowest BCUT2D eigenvalue weighted by atomic mass is 10.2. The number of nitrogens with zero attached hydrogens (tertiary/aromatic N) is 3. The van der Waals surface area contributed by atoms with E-state index in [1.165, 1.54) is 7.11 Å². The van der Waals surface area contributed by atoms with Crippen molar-refractivity contribution in [2.75, 3.05) is 13.7 Å². The fourth-order valence-electron chi connectivity index (χ4n) is 2.31. The van der Waals surface area contributed by atoms with Gasteiger partial charge in [0.2, 0.25) is 0 Å². The molecule has 0 unspecified atom stereocenters. The van der Waals surface area contributed by atoms with Gasteiger partial charge in [0.25, 0.3) is 5.91 Å². The van der Waals surface area contributed by atoms with E-state index in [1.807, 2.05) is 30.3 Å². The van der Waals surface area contributed by atoms with E-state index in [9.17, 15) is 4.79 Å². The van der Waals surface area contributed by atoms with E-state index in [4.69, 9.17) is 16.3 Å². The predicted octanol–water partition coefficient (Wildman–Crippen LogP) is 2.90. The number of amides is 1. The van der Waals surface area contributed by atoms with E-state index >= 15 is 0 Å². The SMILES string of the molecule is COc1cc(Cl)cc(C(=O)NCCc2cnn(-c3ccccc3)n2)c1. The van der Waals surface area contributed by atoms with E-state index in [1.54, 1.807) is 29.2 Å². The third-order valence-electron chi connectivity index (χ3n) is 3.56. The zero-order valence-electron chi connectivity index (χ0n) is 13.6. The quantitative estimate of drug-likeness (QED) is 0.737. The molecular weight excluding hydrogens is 340 g/mol. The molecular formula is C18H17ClN4O2. The molecule has 3 rings (SSSR count). The van der Waals surface area contributed by atoms with Gasteiger partial charge < -0.3 is 10.1 Å². The summed E-state index contributed by atoms with van der Waals surface area (Å²) in [6, 6.07) is 14.6. The van der Waals surface area contributed by atoms with Crippen LogP contribution in [0.4, 0.5) is 0 Å². The van der Waals surface area contributed by atoms with Crippen molar-refractivity contribution in [3.05, 3.63) is 71.0 Å². The third kappa shape index (κ3) is 4.36. The Morgan fingerprint density at radius 1 is 1.24 bits per heavy atom. The summed E-state index contributed by atoms with van der Waals surface area (Å²) >= 11 is 5.98. The first-order chi connectivity index (χ1) is 12.2. The van der Waals surface area contributed by atoms with Gasteiger partial charge in [-0.15, -0.1) is 0 Å². The first-order valence-electron chi connectivity index (χ1n) is 7.75. The van der Waals surface area contributed by atoms with Crippen molar-refractivity contribution in [2.45, 2.75) is 6.42 Å².